The van der Waals surface area contributed by atoms with Crippen LogP contribution >= 0.6 is 11.3 Å². The molecule has 108 valence electrons. The molecule has 1 aromatic heterocycles. The topological polar surface area (TPSA) is 47.0 Å². The standard InChI is InChI=1S/C15H21N3OS/c1-10(2)9-19-14-7-5-13(6-8-14)11(3)16-15-18-17-12(4)20-15/h5-8,10-11H,9H2,1-4H3,(H,16,18). The van der Waals surface area contributed by atoms with Crippen LogP contribution in [-0.2, 0) is 0 Å². The maximum Gasteiger partial charge on any atom is 0.206 e. The van der Waals surface area contributed by atoms with E-state index in [1.165, 1.54) is 5.56 Å². The largest absolute Gasteiger partial charge is 0.493 e. The lowest BCUT2D eigenvalue weighted by atomic mass is 10.1. The molecule has 0 fully saturated rings. The van der Waals surface area contributed by atoms with Gasteiger partial charge in [-0.05, 0) is 37.5 Å². The lowest BCUT2D eigenvalue weighted by Crippen LogP contribution is -2.07. The predicted molar refractivity (Wildman–Crippen MR) is 83.5 cm³/mol. The summed E-state index contributed by atoms with van der Waals surface area (Å²) in [6.07, 6.45) is 0. The molecule has 2 rings (SSSR count). The van der Waals surface area contributed by atoms with Crippen molar-refractivity contribution in [3.63, 3.8) is 0 Å². The SMILES string of the molecule is Cc1nnc(NC(C)c2ccc(OCC(C)C)cc2)s1. The van der Waals surface area contributed by atoms with Crippen LogP contribution in [0.2, 0.25) is 0 Å². The van der Waals surface area contributed by atoms with Gasteiger partial charge in [-0.3, -0.25) is 0 Å². The van der Waals surface area contributed by atoms with Crippen molar-refractivity contribution in [2.75, 3.05) is 11.9 Å². The Hall–Kier alpha value is -1.62. The third-order valence-electron chi connectivity index (χ3n) is 2.83. The van der Waals surface area contributed by atoms with Gasteiger partial charge in [0.05, 0.1) is 12.6 Å². The number of hydrogen-bond acceptors (Lipinski definition) is 5. The van der Waals surface area contributed by atoms with Crippen LogP contribution < -0.4 is 10.1 Å². The molecule has 2 aromatic rings. The summed E-state index contributed by atoms with van der Waals surface area (Å²) in [5, 5.41) is 13.3. The lowest BCUT2D eigenvalue weighted by Gasteiger charge is -2.14. The Morgan fingerprint density at radius 1 is 1.15 bits per heavy atom. The zero-order valence-corrected chi connectivity index (χ0v) is 13.2. The predicted octanol–water partition coefficient (Wildman–Crippen LogP) is 4.05. The van der Waals surface area contributed by atoms with Crippen molar-refractivity contribution in [3.8, 4) is 5.75 Å². The first-order valence-corrected chi connectivity index (χ1v) is 7.65. The summed E-state index contributed by atoms with van der Waals surface area (Å²) in [6.45, 7) is 9.10. The van der Waals surface area contributed by atoms with Crippen molar-refractivity contribution in [2.24, 2.45) is 5.92 Å². The molecule has 4 nitrogen and oxygen atoms in total. The molecule has 1 heterocycles. The van der Waals surface area contributed by atoms with Gasteiger partial charge in [-0.2, -0.15) is 0 Å². The van der Waals surface area contributed by atoms with E-state index in [0.29, 0.717) is 5.92 Å². The Kier molecular flexibility index (Phi) is 4.95. The molecule has 0 saturated carbocycles. The van der Waals surface area contributed by atoms with Crippen LogP contribution in [0.15, 0.2) is 24.3 Å². The number of aromatic nitrogens is 2. The molecule has 20 heavy (non-hydrogen) atoms. The molecule has 1 atom stereocenters. The Morgan fingerprint density at radius 3 is 2.40 bits per heavy atom. The number of benzene rings is 1. The molecule has 0 aliphatic carbocycles. The highest BCUT2D eigenvalue weighted by Crippen LogP contribution is 2.23. The smallest absolute Gasteiger partial charge is 0.206 e. The minimum absolute atomic E-state index is 0.196. The minimum atomic E-state index is 0.196. The van der Waals surface area contributed by atoms with Crippen molar-refractivity contribution in [3.05, 3.63) is 34.8 Å². The van der Waals surface area contributed by atoms with Crippen molar-refractivity contribution in [1.29, 1.82) is 0 Å². The number of nitrogens with one attached hydrogen (secondary N) is 1. The quantitative estimate of drug-likeness (QED) is 0.872. The molecular weight excluding hydrogens is 270 g/mol. The highest BCUT2D eigenvalue weighted by Gasteiger charge is 2.08. The third kappa shape index (κ3) is 4.20. The lowest BCUT2D eigenvalue weighted by molar-refractivity contribution is 0.271. The van der Waals surface area contributed by atoms with E-state index in [0.717, 1.165) is 22.5 Å². The fourth-order valence-corrected chi connectivity index (χ4v) is 2.42. The monoisotopic (exact) mass is 291 g/mol. The summed E-state index contributed by atoms with van der Waals surface area (Å²) in [7, 11) is 0. The van der Waals surface area contributed by atoms with Gasteiger partial charge >= 0.3 is 0 Å². The van der Waals surface area contributed by atoms with Gasteiger partial charge in [0.15, 0.2) is 0 Å². The summed E-state index contributed by atoms with van der Waals surface area (Å²) in [5.41, 5.74) is 1.20. The van der Waals surface area contributed by atoms with Gasteiger partial charge in [0.1, 0.15) is 10.8 Å². The van der Waals surface area contributed by atoms with Crippen LogP contribution in [0.4, 0.5) is 5.13 Å². The maximum absolute atomic E-state index is 5.68. The molecule has 0 aliphatic heterocycles. The van der Waals surface area contributed by atoms with Gasteiger partial charge in [-0.25, -0.2) is 0 Å². The molecule has 0 aliphatic rings. The Labute approximate surface area is 124 Å². The summed E-state index contributed by atoms with van der Waals surface area (Å²) in [6, 6.07) is 8.40. The van der Waals surface area contributed by atoms with Crippen molar-refractivity contribution < 1.29 is 4.74 Å². The fourth-order valence-electron chi connectivity index (χ4n) is 1.74. The highest BCUT2D eigenvalue weighted by molar-refractivity contribution is 7.15. The average Bonchev–Trinajstić information content (AvgIpc) is 2.82. The van der Waals surface area contributed by atoms with E-state index in [4.69, 9.17) is 4.74 Å². The van der Waals surface area contributed by atoms with Crippen LogP contribution in [0.1, 0.15) is 37.4 Å². The molecule has 1 N–H and O–H groups in total. The first-order valence-electron chi connectivity index (χ1n) is 6.84. The second kappa shape index (κ2) is 6.70. The van der Waals surface area contributed by atoms with E-state index in [1.807, 2.05) is 19.1 Å². The Morgan fingerprint density at radius 2 is 1.85 bits per heavy atom. The Balaban J connectivity index is 1.94. The highest BCUT2D eigenvalue weighted by atomic mass is 32.1. The molecule has 5 heteroatoms. The van der Waals surface area contributed by atoms with Crippen LogP contribution in [0, 0.1) is 12.8 Å². The van der Waals surface area contributed by atoms with Gasteiger partial charge in [0, 0.05) is 0 Å². The van der Waals surface area contributed by atoms with E-state index in [2.05, 4.69) is 48.4 Å². The zero-order valence-electron chi connectivity index (χ0n) is 12.4. The molecular formula is C15H21N3OS. The molecule has 0 saturated heterocycles. The van der Waals surface area contributed by atoms with Crippen molar-refractivity contribution in [2.45, 2.75) is 33.7 Å². The van der Waals surface area contributed by atoms with Gasteiger partial charge in [-0.1, -0.05) is 37.3 Å². The molecule has 0 spiro atoms. The van der Waals surface area contributed by atoms with Crippen LogP contribution in [0.5, 0.6) is 5.75 Å². The van der Waals surface area contributed by atoms with Gasteiger partial charge in [0.2, 0.25) is 5.13 Å². The summed E-state index contributed by atoms with van der Waals surface area (Å²) < 4.78 is 5.68. The molecule has 1 aromatic carbocycles. The number of anilines is 1. The van der Waals surface area contributed by atoms with Crippen molar-refractivity contribution in [1.82, 2.24) is 10.2 Å². The number of ether oxygens (including phenoxy) is 1. The molecule has 1 unspecified atom stereocenters. The zero-order chi connectivity index (χ0) is 14.5. The third-order valence-corrected chi connectivity index (χ3v) is 3.60. The molecule has 0 amide bonds. The number of nitrogens with zero attached hydrogens (tertiary/aromatic N) is 2. The molecule has 0 bridgehead atoms. The number of aryl methyl sites for hydroxylation is 1. The first-order chi connectivity index (χ1) is 9.54. The maximum atomic E-state index is 5.68. The normalized spacial score (nSPS) is 12.4. The van der Waals surface area contributed by atoms with E-state index < -0.39 is 0 Å². The van der Waals surface area contributed by atoms with E-state index in [9.17, 15) is 0 Å². The van der Waals surface area contributed by atoms with E-state index >= 15 is 0 Å². The first kappa shape index (κ1) is 14.8. The van der Waals surface area contributed by atoms with Crippen LogP contribution in [-0.4, -0.2) is 16.8 Å². The number of hydrogen-bond donors (Lipinski definition) is 1. The van der Waals surface area contributed by atoms with E-state index in [1.54, 1.807) is 11.3 Å². The van der Waals surface area contributed by atoms with Crippen molar-refractivity contribution >= 4 is 16.5 Å². The van der Waals surface area contributed by atoms with Crippen LogP contribution in [0.3, 0.4) is 0 Å². The van der Waals surface area contributed by atoms with Gasteiger partial charge in [-0.15, -0.1) is 10.2 Å². The summed E-state index contributed by atoms with van der Waals surface area (Å²) in [4.78, 5) is 0. The second-order valence-corrected chi connectivity index (χ2v) is 6.45. The number of rotatable bonds is 6. The van der Waals surface area contributed by atoms with E-state index in [-0.39, 0.29) is 6.04 Å². The molecule has 0 radical (unpaired) electrons. The average molecular weight is 291 g/mol. The second-order valence-electron chi connectivity index (χ2n) is 5.27. The van der Waals surface area contributed by atoms with Gasteiger partial charge < -0.3 is 10.1 Å². The van der Waals surface area contributed by atoms with Gasteiger partial charge in [0.25, 0.3) is 0 Å². The summed E-state index contributed by atoms with van der Waals surface area (Å²) in [5.74, 6) is 1.46. The minimum Gasteiger partial charge on any atom is -0.493 e. The Bertz CT molecular complexity index is 536. The summed E-state index contributed by atoms with van der Waals surface area (Å²) >= 11 is 1.57. The fraction of sp³-hybridized carbons (Fsp3) is 0.467. The van der Waals surface area contributed by atoms with Crippen LogP contribution in [0.25, 0.3) is 0 Å².